The zero-order valence-electron chi connectivity index (χ0n) is 12.0. The number of anilines is 2. The number of hydrogen-bond donors (Lipinski definition) is 2. The number of hydrogen-bond acceptors (Lipinski definition) is 7. The highest BCUT2D eigenvalue weighted by atomic mass is 32.1. The Bertz CT molecular complexity index is 737. The van der Waals surface area contributed by atoms with Crippen molar-refractivity contribution in [3.05, 3.63) is 35.1 Å². The predicted molar refractivity (Wildman–Crippen MR) is 85.4 cm³/mol. The van der Waals surface area contributed by atoms with E-state index in [1.54, 1.807) is 23.9 Å². The van der Waals surface area contributed by atoms with Crippen molar-refractivity contribution in [2.24, 2.45) is 5.84 Å². The number of nitrogens with zero attached hydrogens (tertiary/aromatic N) is 3. The van der Waals surface area contributed by atoms with Gasteiger partial charge < -0.3 is 9.32 Å². The van der Waals surface area contributed by atoms with Gasteiger partial charge in [0.25, 0.3) is 0 Å². The highest BCUT2D eigenvalue weighted by Gasteiger charge is 2.15. The van der Waals surface area contributed by atoms with Crippen LogP contribution in [-0.4, -0.2) is 17.0 Å². The van der Waals surface area contributed by atoms with Crippen LogP contribution in [0.1, 0.15) is 17.4 Å². The van der Waals surface area contributed by atoms with E-state index in [2.05, 4.69) is 33.3 Å². The molecule has 0 atom stereocenters. The van der Waals surface area contributed by atoms with Crippen LogP contribution < -0.4 is 16.2 Å². The second-order valence-corrected chi connectivity index (χ2v) is 5.90. The minimum absolute atomic E-state index is 0.432. The van der Waals surface area contributed by atoms with Crippen molar-refractivity contribution in [2.45, 2.75) is 19.9 Å². The number of nitrogens with one attached hydrogen (secondary N) is 1. The topological polar surface area (TPSA) is 80.2 Å². The van der Waals surface area contributed by atoms with Gasteiger partial charge in [0.05, 0.1) is 17.9 Å². The molecular weight excluding hydrogens is 286 g/mol. The summed E-state index contributed by atoms with van der Waals surface area (Å²) in [5.41, 5.74) is 3.63. The molecule has 0 spiro atoms. The zero-order valence-corrected chi connectivity index (χ0v) is 12.8. The van der Waals surface area contributed by atoms with Crippen molar-refractivity contribution in [3.8, 4) is 0 Å². The van der Waals surface area contributed by atoms with Crippen molar-refractivity contribution >= 4 is 33.3 Å². The Hall–Kier alpha value is -2.12. The van der Waals surface area contributed by atoms with Crippen LogP contribution in [0.25, 0.3) is 10.2 Å². The molecule has 0 radical (unpaired) electrons. The summed E-state index contributed by atoms with van der Waals surface area (Å²) < 4.78 is 5.12. The largest absolute Gasteiger partial charge is 0.472 e. The van der Waals surface area contributed by atoms with E-state index in [0.717, 1.165) is 28.0 Å². The van der Waals surface area contributed by atoms with Gasteiger partial charge in [0.15, 0.2) is 0 Å². The molecule has 3 heterocycles. The molecule has 21 heavy (non-hydrogen) atoms. The molecule has 3 aromatic rings. The summed E-state index contributed by atoms with van der Waals surface area (Å²) in [6.07, 6.45) is 4.39. The molecule has 3 aromatic heterocycles. The molecule has 0 aromatic carbocycles. The molecule has 3 rings (SSSR count). The molecule has 0 saturated heterocycles. The van der Waals surface area contributed by atoms with Crippen molar-refractivity contribution in [1.82, 2.24) is 9.97 Å². The lowest BCUT2D eigenvalue weighted by Crippen LogP contribution is -2.19. The molecule has 7 heteroatoms. The second kappa shape index (κ2) is 5.71. The Morgan fingerprint density at radius 3 is 2.95 bits per heavy atom. The summed E-state index contributed by atoms with van der Waals surface area (Å²) in [5.74, 6) is 6.78. The van der Waals surface area contributed by atoms with E-state index < -0.39 is 0 Å². The van der Waals surface area contributed by atoms with Crippen LogP contribution in [0.4, 0.5) is 11.8 Å². The minimum atomic E-state index is 0.432. The lowest BCUT2D eigenvalue weighted by molar-refractivity contribution is 0.563. The van der Waals surface area contributed by atoms with Crippen LogP contribution in [0.15, 0.2) is 29.1 Å². The first-order valence-corrected chi connectivity index (χ1v) is 7.52. The predicted octanol–water partition coefficient (Wildman–Crippen LogP) is 2.77. The maximum Gasteiger partial charge on any atom is 0.240 e. The van der Waals surface area contributed by atoms with Crippen molar-refractivity contribution in [3.63, 3.8) is 0 Å². The molecule has 0 amide bonds. The third-order valence-electron chi connectivity index (χ3n) is 3.26. The van der Waals surface area contributed by atoms with Gasteiger partial charge >= 0.3 is 0 Å². The van der Waals surface area contributed by atoms with Crippen molar-refractivity contribution in [1.29, 1.82) is 0 Å². The van der Waals surface area contributed by atoms with Gasteiger partial charge in [-0.3, -0.25) is 5.43 Å². The van der Waals surface area contributed by atoms with Crippen LogP contribution in [0.3, 0.4) is 0 Å². The fraction of sp³-hybridized carbons (Fsp3) is 0.286. The van der Waals surface area contributed by atoms with Gasteiger partial charge in [0, 0.05) is 24.0 Å². The fourth-order valence-electron chi connectivity index (χ4n) is 2.22. The molecular formula is C14H17N5OS. The first kappa shape index (κ1) is 13.8. The number of aryl methyl sites for hydroxylation is 1. The van der Waals surface area contributed by atoms with E-state index in [1.165, 1.54) is 4.88 Å². The second-order valence-electron chi connectivity index (χ2n) is 4.79. The first-order valence-electron chi connectivity index (χ1n) is 6.70. The number of hydrazine groups is 1. The highest BCUT2D eigenvalue weighted by molar-refractivity contribution is 7.18. The van der Waals surface area contributed by atoms with Crippen LogP contribution in [-0.2, 0) is 13.0 Å². The Kier molecular flexibility index (Phi) is 3.76. The number of nitrogen functional groups attached to an aromatic ring is 1. The molecule has 0 saturated carbocycles. The number of thiophene rings is 1. The monoisotopic (exact) mass is 303 g/mol. The van der Waals surface area contributed by atoms with E-state index in [1.807, 2.05) is 13.1 Å². The quantitative estimate of drug-likeness (QED) is 0.557. The Labute approximate surface area is 126 Å². The highest BCUT2D eigenvalue weighted by Crippen LogP contribution is 2.32. The zero-order chi connectivity index (χ0) is 14.8. The van der Waals surface area contributed by atoms with Crippen LogP contribution >= 0.6 is 11.3 Å². The smallest absolute Gasteiger partial charge is 0.240 e. The summed E-state index contributed by atoms with van der Waals surface area (Å²) in [6, 6.07) is 4.10. The average Bonchev–Trinajstić information content (AvgIpc) is 3.14. The maximum atomic E-state index is 5.48. The SMILES string of the molecule is CCc1cc2c(N(C)Cc3ccoc3)nc(NN)nc2s1. The van der Waals surface area contributed by atoms with Gasteiger partial charge in [-0.05, 0) is 18.6 Å². The number of furan rings is 1. The molecule has 0 aliphatic rings. The summed E-state index contributed by atoms with van der Waals surface area (Å²) in [5, 5.41) is 1.06. The van der Waals surface area contributed by atoms with E-state index in [0.29, 0.717) is 12.5 Å². The number of rotatable bonds is 5. The van der Waals surface area contributed by atoms with Crippen LogP contribution in [0.5, 0.6) is 0 Å². The Morgan fingerprint density at radius 2 is 2.29 bits per heavy atom. The van der Waals surface area contributed by atoms with Gasteiger partial charge in [0.1, 0.15) is 10.6 Å². The minimum Gasteiger partial charge on any atom is -0.472 e. The van der Waals surface area contributed by atoms with E-state index >= 15 is 0 Å². The molecule has 0 aliphatic carbocycles. The fourth-order valence-corrected chi connectivity index (χ4v) is 3.18. The molecule has 0 aliphatic heterocycles. The van der Waals surface area contributed by atoms with Gasteiger partial charge in [-0.25, -0.2) is 10.8 Å². The van der Waals surface area contributed by atoms with Gasteiger partial charge in [0.2, 0.25) is 5.95 Å². The van der Waals surface area contributed by atoms with Crippen molar-refractivity contribution < 1.29 is 4.42 Å². The molecule has 0 unspecified atom stereocenters. The van der Waals surface area contributed by atoms with E-state index in [4.69, 9.17) is 10.3 Å². The molecule has 6 nitrogen and oxygen atoms in total. The van der Waals surface area contributed by atoms with E-state index in [9.17, 15) is 0 Å². The summed E-state index contributed by atoms with van der Waals surface area (Å²) in [7, 11) is 2.00. The molecule has 0 bridgehead atoms. The third kappa shape index (κ3) is 2.70. The number of nitrogens with two attached hydrogens (primary N) is 1. The Morgan fingerprint density at radius 1 is 1.43 bits per heavy atom. The molecule has 110 valence electrons. The first-order chi connectivity index (χ1) is 10.2. The Balaban J connectivity index is 2.04. The van der Waals surface area contributed by atoms with Gasteiger partial charge in [-0.2, -0.15) is 4.98 Å². The normalized spacial score (nSPS) is 11.0. The molecule has 0 fully saturated rings. The number of fused-ring (bicyclic) bond motifs is 1. The van der Waals surface area contributed by atoms with Gasteiger partial charge in [-0.15, -0.1) is 11.3 Å². The lowest BCUT2D eigenvalue weighted by Gasteiger charge is -2.18. The molecule has 3 N–H and O–H groups in total. The van der Waals surface area contributed by atoms with Crippen LogP contribution in [0.2, 0.25) is 0 Å². The average molecular weight is 303 g/mol. The van der Waals surface area contributed by atoms with Crippen molar-refractivity contribution in [2.75, 3.05) is 17.4 Å². The summed E-state index contributed by atoms with van der Waals surface area (Å²) in [4.78, 5) is 13.2. The van der Waals surface area contributed by atoms with Crippen LogP contribution in [0, 0.1) is 0 Å². The maximum absolute atomic E-state index is 5.48. The standard InChI is InChI=1S/C14H17N5OS/c1-3-10-6-11-12(16-14(18-15)17-13(11)21-10)19(2)7-9-4-5-20-8-9/h4-6,8H,3,7,15H2,1-2H3,(H,16,17,18). The lowest BCUT2D eigenvalue weighted by atomic mass is 10.2. The van der Waals surface area contributed by atoms with E-state index in [-0.39, 0.29) is 0 Å². The summed E-state index contributed by atoms with van der Waals surface area (Å²) >= 11 is 1.67. The number of aromatic nitrogens is 2. The third-order valence-corrected chi connectivity index (χ3v) is 4.44. The van der Waals surface area contributed by atoms with Gasteiger partial charge in [-0.1, -0.05) is 6.92 Å². The summed E-state index contributed by atoms with van der Waals surface area (Å²) in [6.45, 7) is 2.85.